The van der Waals surface area contributed by atoms with Crippen molar-refractivity contribution in [1.82, 2.24) is 14.7 Å². The highest BCUT2D eigenvalue weighted by atomic mass is 16.3. The number of rotatable bonds is 4. The lowest BCUT2D eigenvalue weighted by atomic mass is 9.89. The molecule has 2 atom stereocenters. The van der Waals surface area contributed by atoms with Crippen molar-refractivity contribution in [2.75, 3.05) is 39.3 Å². The molecular formula is C18H33N3O3. The lowest BCUT2D eigenvalue weighted by Gasteiger charge is -2.40. The van der Waals surface area contributed by atoms with Gasteiger partial charge in [-0.2, -0.15) is 0 Å². The molecule has 2 heterocycles. The summed E-state index contributed by atoms with van der Waals surface area (Å²) in [6.45, 7) is 12.2. The minimum absolute atomic E-state index is 0.0567. The van der Waals surface area contributed by atoms with Crippen LogP contribution in [-0.2, 0) is 9.59 Å². The third-order valence-corrected chi connectivity index (χ3v) is 5.30. The highest BCUT2D eigenvalue weighted by Gasteiger charge is 2.33. The zero-order valence-electron chi connectivity index (χ0n) is 15.6. The molecule has 1 N–H and O–H groups in total. The van der Waals surface area contributed by atoms with Crippen molar-refractivity contribution in [3.63, 3.8) is 0 Å². The molecule has 2 fully saturated rings. The maximum atomic E-state index is 12.7. The van der Waals surface area contributed by atoms with E-state index in [9.17, 15) is 14.7 Å². The van der Waals surface area contributed by atoms with Gasteiger partial charge in [0.2, 0.25) is 11.8 Å². The van der Waals surface area contributed by atoms with E-state index in [1.54, 1.807) is 4.90 Å². The fourth-order valence-corrected chi connectivity index (χ4v) is 3.30. The molecule has 0 aliphatic carbocycles. The van der Waals surface area contributed by atoms with Crippen LogP contribution < -0.4 is 0 Å². The second-order valence-electron chi connectivity index (χ2n) is 8.23. The highest BCUT2D eigenvalue weighted by Crippen LogP contribution is 2.21. The SMILES string of the molecule is C[C@@H](C(=O)N1CCN(C[C@@H](O)C(C)(C)C)CC1)N1CCCCC1=O. The van der Waals surface area contributed by atoms with Crippen molar-refractivity contribution < 1.29 is 14.7 Å². The van der Waals surface area contributed by atoms with Crippen molar-refractivity contribution >= 4 is 11.8 Å². The van der Waals surface area contributed by atoms with Crippen LogP contribution >= 0.6 is 0 Å². The smallest absolute Gasteiger partial charge is 0.245 e. The Labute approximate surface area is 145 Å². The summed E-state index contributed by atoms with van der Waals surface area (Å²) in [7, 11) is 0. The first-order valence-corrected chi connectivity index (χ1v) is 9.19. The van der Waals surface area contributed by atoms with Crippen LogP contribution in [0.25, 0.3) is 0 Å². The molecule has 138 valence electrons. The number of amides is 2. The van der Waals surface area contributed by atoms with Crippen LogP contribution in [0.2, 0.25) is 0 Å². The fraction of sp³-hybridized carbons (Fsp3) is 0.889. The Morgan fingerprint density at radius 2 is 1.75 bits per heavy atom. The van der Waals surface area contributed by atoms with Crippen LogP contribution in [0.4, 0.5) is 0 Å². The monoisotopic (exact) mass is 339 g/mol. The summed E-state index contributed by atoms with van der Waals surface area (Å²) in [5, 5.41) is 10.2. The Bertz CT molecular complexity index is 453. The summed E-state index contributed by atoms with van der Waals surface area (Å²) in [6, 6.07) is -0.357. The molecule has 2 aliphatic heterocycles. The van der Waals surface area contributed by atoms with Gasteiger partial charge in [-0.1, -0.05) is 20.8 Å². The molecule has 24 heavy (non-hydrogen) atoms. The lowest BCUT2D eigenvalue weighted by molar-refractivity contribution is -0.147. The van der Waals surface area contributed by atoms with E-state index >= 15 is 0 Å². The van der Waals surface area contributed by atoms with E-state index in [0.29, 0.717) is 32.6 Å². The van der Waals surface area contributed by atoms with Gasteiger partial charge in [0, 0.05) is 45.7 Å². The number of hydrogen-bond acceptors (Lipinski definition) is 4. The Morgan fingerprint density at radius 3 is 2.29 bits per heavy atom. The average Bonchev–Trinajstić information content (AvgIpc) is 2.54. The molecule has 0 bridgehead atoms. The number of carbonyl (C=O) groups excluding carboxylic acids is 2. The summed E-state index contributed by atoms with van der Waals surface area (Å²) >= 11 is 0. The number of carbonyl (C=O) groups is 2. The van der Waals surface area contributed by atoms with Crippen molar-refractivity contribution in [3.05, 3.63) is 0 Å². The van der Waals surface area contributed by atoms with Gasteiger partial charge in [0.25, 0.3) is 0 Å². The maximum Gasteiger partial charge on any atom is 0.245 e. The number of hydrogen-bond donors (Lipinski definition) is 1. The molecule has 0 spiro atoms. The largest absolute Gasteiger partial charge is 0.391 e. The van der Waals surface area contributed by atoms with Gasteiger partial charge in [0.05, 0.1) is 6.10 Å². The topological polar surface area (TPSA) is 64.1 Å². The van der Waals surface area contributed by atoms with E-state index in [1.807, 2.05) is 32.6 Å². The van der Waals surface area contributed by atoms with Crippen LogP contribution in [0, 0.1) is 5.41 Å². The van der Waals surface area contributed by atoms with E-state index in [1.165, 1.54) is 0 Å². The standard InChI is InChI=1S/C18H33N3O3/c1-14(21-8-6-5-7-16(21)23)17(24)20-11-9-19(10-12-20)13-15(22)18(2,3)4/h14-15,22H,5-13H2,1-4H3/t14-,15+/m0/s1. The first kappa shape index (κ1) is 19.2. The van der Waals surface area contributed by atoms with E-state index in [-0.39, 0.29) is 29.4 Å². The molecule has 0 aromatic rings. The predicted molar refractivity (Wildman–Crippen MR) is 93.5 cm³/mol. The van der Waals surface area contributed by atoms with Gasteiger partial charge in [0.15, 0.2) is 0 Å². The van der Waals surface area contributed by atoms with Crippen LogP contribution in [0.3, 0.4) is 0 Å². The van der Waals surface area contributed by atoms with Gasteiger partial charge in [0.1, 0.15) is 6.04 Å². The van der Waals surface area contributed by atoms with E-state index < -0.39 is 0 Å². The molecular weight excluding hydrogens is 306 g/mol. The Hall–Kier alpha value is -1.14. The minimum atomic E-state index is -0.371. The van der Waals surface area contributed by atoms with Crippen molar-refractivity contribution in [2.24, 2.45) is 5.41 Å². The van der Waals surface area contributed by atoms with E-state index in [2.05, 4.69) is 4.90 Å². The number of aliphatic hydroxyl groups is 1. The molecule has 6 nitrogen and oxygen atoms in total. The van der Waals surface area contributed by atoms with E-state index in [0.717, 1.165) is 25.9 Å². The quantitative estimate of drug-likeness (QED) is 0.828. The number of piperidine rings is 1. The third-order valence-electron chi connectivity index (χ3n) is 5.30. The molecule has 6 heteroatoms. The highest BCUT2D eigenvalue weighted by molar-refractivity contribution is 5.87. The Balaban J connectivity index is 1.83. The second kappa shape index (κ2) is 7.83. The van der Waals surface area contributed by atoms with Crippen LogP contribution in [0.5, 0.6) is 0 Å². The number of nitrogens with zero attached hydrogens (tertiary/aromatic N) is 3. The molecule has 2 rings (SSSR count). The first-order chi connectivity index (χ1) is 11.2. The van der Waals surface area contributed by atoms with Gasteiger partial charge in [-0.3, -0.25) is 14.5 Å². The summed E-state index contributed by atoms with van der Waals surface area (Å²) in [6.07, 6.45) is 2.12. The normalized spacial score (nSPS) is 23.3. The second-order valence-corrected chi connectivity index (χ2v) is 8.23. The average molecular weight is 339 g/mol. The van der Waals surface area contributed by atoms with Crippen LogP contribution in [0.15, 0.2) is 0 Å². The number of likely N-dealkylation sites (tertiary alicyclic amines) is 1. The zero-order valence-corrected chi connectivity index (χ0v) is 15.6. The Kier molecular flexibility index (Phi) is 6.26. The fourth-order valence-electron chi connectivity index (χ4n) is 3.30. The number of β-amino-alcohol motifs (C(OH)–C–C–N with tert-alkyl or cyclic N) is 1. The first-order valence-electron chi connectivity index (χ1n) is 9.19. The van der Waals surface area contributed by atoms with Crippen molar-refractivity contribution in [1.29, 1.82) is 0 Å². The molecule has 0 aromatic heterocycles. The number of aliphatic hydroxyl groups excluding tert-OH is 1. The number of piperazine rings is 1. The van der Waals surface area contributed by atoms with Crippen LogP contribution in [0.1, 0.15) is 47.0 Å². The van der Waals surface area contributed by atoms with Gasteiger partial charge in [-0.25, -0.2) is 0 Å². The lowest BCUT2D eigenvalue weighted by Crippen LogP contribution is -2.56. The molecule has 0 radical (unpaired) electrons. The summed E-state index contributed by atoms with van der Waals surface area (Å²) in [5.74, 6) is 0.162. The predicted octanol–water partition coefficient (Wildman–Crippen LogP) is 0.939. The van der Waals surface area contributed by atoms with E-state index in [4.69, 9.17) is 0 Å². The van der Waals surface area contributed by atoms with Gasteiger partial charge >= 0.3 is 0 Å². The molecule has 2 saturated heterocycles. The molecule has 0 unspecified atom stereocenters. The van der Waals surface area contributed by atoms with Crippen molar-refractivity contribution in [3.8, 4) is 0 Å². The van der Waals surface area contributed by atoms with Crippen LogP contribution in [-0.4, -0.2) is 83.0 Å². The Morgan fingerprint density at radius 1 is 1.12 bits per heavy atom. The minimum Gasteiger partial charge on any atom is -0.391 e. The summed E-state index contributed by atoms with van der Waals surface area (Å²) < 4.78 is 0. The van der Waals surface area contributed by atoms with Crippen molar-refractivity contribution in [2.45, 2.75) is 59.1 Å². The molecule has 2 amide bonds. The molecule has 2 aliphatic rings. The molecule has 0 saturated carbocycles. The summed E-state index contributed by atoms with van der Waals surface area (Å²) in [5.41, 5.74) is -0.129. The molecule has 0 aromatic carbocycles. The zero-order chi connectivity index (χ0) is 17.9. The van der Waals surface area contributed by atoms with Gasteiger partial charge in [-0.05, 0) is 25.2 Å². The van der Waals surface area contributed by atoms with Gasteiger partial charge < -0.3 is 14.9 Å². The maximum absolute atomic E-state index is 12.7. The van der Waals surface area contributed by atoms with Gasteiger partial charge in [-0.15, -0.1) is 0 Å². The third kappa shape index (κ3) is 4.70. The summed E-state index contributed by atoms with van der Waals surface area (Å²) in [4.78, 5) is 30.5.